The molecular weight excluding hydrogens is 579 g/mol. The van der Waals surface area contributed by atoms with Gasteiger partial charge in [0.1, 0.15) is 5.37 Å². The minimum absolute atomic E-state index is 0.0863. The van der Waals surface area contributed by atoms with Crippen molar-refractivity contribution >= 4 is 55.7 Å². The number of fused-ring (bicyclic) bond motifs is 1. The number of rotatable bonds is 9. The standard InChI is InChI=1S/C34H29N3O4S2/c38-32-23-42-34(37(32)22-21-24-7-2-1-3-8-24)27-15-13-26(14-16-27)33(39)35-28-17-19-29(20-18-28)43(40,41)36-31-12-6-10-25-9-4-5-11-30(25)31/h1-20,34,36H,21-23H2,(H,35,39)/t34-/m1/s1. The van der Waals surface area contributed by atoms with E-state index in [9.17, 15) is 18.0 Å². The number of nitrogens with zero attached hydrogens (tertiary/aromatic N) is 1. The highest BCUT2D eigenvalue weighted by Gasteiger charge is 2.32. The third kappa shape index (κ3) is 6.43. The van der Waals surface area contributed by atoms with Crippen molar-refractivity contribution in [1.82, 2.24) is 4.90 Å². The summed E-state index contributed by atoms with van der Waals surface area (Å²) in [6.07, 6.45) is 0.781. The third-order valence-electron chi connectivity index (χ3n) is 7.37. The van der Waals surface area contributed by atoms with E-state index in [0.717, 1.165) is 22.8 Å². The van der Waals surface area contributed by atoms with Gasteiger partial charge in [-0.25, -0.2) is 8.42 Å². The number of thioether (sulfide) groups is 1. The lowest BCUT2D eigenvalue weighted by molar-refractivity contribution is -0.128. The first-order valence-corrected chi connectivity index (χ1v) is 16.4. The molecule has 1 saturated heterocycles. The Morgan fingerprint density at radius 3 is 2.28 bits per heavy atom. The lowest BCUT2D eigenvalue weighted by Crippen LogP contribution is -2.30. The van der Waals surface area contributed by atoms with Crippen LogP contribution in [0.2, 0.25) is 0 Å². The van der Waals surface area contributed by atoms with Crippen LogP contribution in [0.3, 0.4) is 0 Å². The maximum absolute atomic E-state index is 13.1. The van der Waals surface area contributed by atoms with Crippen LogP contribution in [-0.4, -0.2) is 37.4 Å². The minimum atomic E-state index is -3.84. The topological polar surface area (TPSA) is 95.6 Å². The number of benzene rings is 5. The van der Waals surface area contributed by atoms with E-state index < -0.39 is 10.0 Å². The fourth-order valence-electron chi connectivity index (χ4n) is 5.10. The summed E-state index contributed by atoms with van der Waals surface area (Å²) >= 11 is 1.59. The second-order valence-corrected chi connectivity index (χ2v) is 13.0. The molecule has 1 aliphatic rings. The molecule has 6 rings (SSSR count). The Hall–Kier alpha value is -4.60. The van der Waals surface area contributed by atoms with Crippen LogP contribution in [0, 0.1) is 0 Å². The van der Waals surface area contributed by atoms with Gasteiger partial charge in [-0.2, -0.15) is 0 Å². The summed E-state index contributed by atoms with van der Waals surface area (Å²) in [5.41, 5.74) is 3.59. The Kier molecular flexibility index (Phi) is 8.18. The van der Waals surface area contributed by atoms with Gasteiger partial charge in [-0.05, 0) is 65.4 Å². The van der Waals surface area contributed by atoms with Gasteiger partial charge in [-0.15, -0.1) is 11.8 Å². The van der Waals surface area contributed by atoms with Gasteiger partial charge in [0.2, 0.25) is 5.91 Å². The summed E-state index contributed by atoms with van der Waals surface area (Å²) in [7, 11) is -3.84. The van der Waals surface area contributed by atoms with Crippen molar-refractivity contribution in [1.29, 1.82) is 0 Å². The molecule has 0 aromatic heterocycles. The molecular formula is C34H29N3O4S2. The maximum Gasteiger partial charge on any atom is 0.261 e. The molecule has 1 heterocycles. The van der Waals surface area contributed by atoms with Gasteiger partial charge in [-0.1, -0.05) is 78.9 Å². The predicted molar refractivity (Wildman–Crippen MR) is 173 cm³/mol. The number of anilines is 2. The zero-order valence-corrected chi connectivity index (χ0v) is 24.8. The summed E-state index contributed by atoms with van der Waals surface area (Å²) in [5.74, 6) is 0.239. The van der Waals surface area contributed by atoms with E-state index in [1.54, 1.807) is 48.2 Å². The highest BCUT2D eigenvalue weighted by molar-refractivity contribution is 8.00. The van der Waals surface area contributed by atoms with Crippen molar-refractivity contribution < 1.29 is 18.0 Å². The van der Waals surface area contributed by atoms with Crippen LogP contribution < -0.4 is 10.0 Å². The smallest absolute Gasteiger partial charge is 0.261 e. The normalized spacial score (nSPS) is 15.0. The number of hydrogen-bond acceptors (Lipinski definition) is 5. The number of carbonyl (C=O) groups excluding carboxylic acids is 2. The molecule has 0 bridgehead atoms. The number of sulfonamides is 1. The van der Waals surface area contributed by atoms with Gasteiger partial charge in [0.05, 0.1) is 16.3 Å². The van der Waals surface area contributed by atoms with Crippen LogP contribution in [0.4, 0.5) is 11.4 Å². The van der Waals surface area contributed by atoms with E-state index in [0.29, 0.717) is 29.2 Å². The molecule has 43 heavy (non-hydrogen) atoms. The summed E-state index contributed by atoms with van der Waals surface area (Å²) in [6.45, 7) is 0.631. The predicted octanol–water partition coefficient (Wildman–Crippen LogP) is 6.71. The van der Waals surface area contributed by atoms with Crippen LogP contribution in [0.1, 0.15) is 26.9 Å². The van der Waals surface area contributed by atoms with E-state index >= 15 is 0 Å². The number of carbonyl (C=O) groups is 2. The molecule has 2 amide bonds. The molecule has 5 aromatic rings. The van der Waals surface area contributed by atoms with E-state index in [2.05, 4.69) is 22.2 Å². The van der Waals surface area contributed by atoms with Gasteiger partial charge in [0.25, 0.3) is 15.9 Å². The van der Waals surface area contributed by atoms with Crippen molar-refractivity contribution in [2.45, 2.75) is 16.7 Å². The number of amides is 2. The van der Waals surface area contributed by atoms with Crippen molar-refractivity contribution in [3.05, 3.63) is 138 Å². The summed E-state index contributed by atoms with van der Waals surface area (Å²) in [5, 5.41) is 4.48. The molecule has 0 saturated carbocycles. The molecule has 1 fully saturated rings. The van der Waals surface area contributed by atoms with Crippen molar-refractivity contribution in [3.8, 4) is 0 Å². The van der Waals surface area contributed by atoms with Crippen LogP contribution in [-0.2, 0) is 21.2 Å². The lowest BCUT2D eigenvalue weighted by Gasteiger charge is -2.24. The summed E-state index contributed by atoms with van der Waals surface area (Å²) in [4.78, 5) is 27.5. The van der Waals surface area contributed by atoms with Gasteiger partial charge < -0.3 is 10.2 Å². The van der Waals surface area contributed by atoms with E-state index in [1.165, 1.54) is 17.7 Å². The van der Waals surface area contributed by atoms with Gasteiger partial charge in [-0.3, -0.25) is 14.3 Å². The zero-order chi connectivity index (χ0) is 29.8. The minimum Gasteiger partial charge on any atom is -0.326 e. The molecule has 7 nitrogen and oxygen atoms in total. The Bertz CT molecular complexity index is 1870. The maximum atomic E-state index is 13.1. The highest BCUT2D eigenvalue weighted by Crippen LogP contribution is 2.38. The molecule has 1 aliphatic heterocycles. The molecule has 0 unspecified atom stereocenters. The average Bonchev–Trinajstić information content (AvgIpc) is 3.40. The molecule has 0 radical (unpaired) electrons. The quantitative estimate of drug-likeness (QED) is 0.194. The van der Waals surface area contributed by atoms with Crippen LogP contribution in [0.15, 0.2) is 126 Å². The zero-order valence-electron chi connectivity index (χ0n) is 23.1. The molecule has 1 atom stereocenters. The Morgan fingerprint density at radius 1 is 0.814 bits per heavy atom. The van der Waals surface area contributed by atoms with Gasteiger partial charge in [0, 0.05) is 23.2 Å². The molecule has 9 heteroatoms. The summed E-state index contributed by atoms with van der Waals surface area (Å²) in [6, 6.07) is 36.4. The Balaban J connectivity index is 1.09. The van der Waals surface area contributed by atoms with Crippen LogP contribution in [0.5, 0.6) is 0 Å². The van der Waals surface area contributed by atoms with E-state index in [-0.39, 0.29) is 22.1 Å². The fourth-order valence-corrected chi connectivity index (χ4v) is 7.40. The first kappa shape index (κ1) is 28.5. The Morgan fingerprint density at radius 2 is 1.51 bits per heavy atom. The van der Waals surface area contributed by atoms with E-state index in [1.807, 2.05) is 65.6 Å². The number of nitrogens with one attached hydrogen (secondary N) is 2. The first-order valence-electron chi connectivity index (χ1n) is 13.8. The molecule has 0 spiro atoms. The summed E-state index contributed by atoms with van der Waals surface area (Å²) < 4.78 is 28.8. The van der Waals surface area contributed by atoms with Crippen molar-refractivity contribution in [2.24, 2.45) is 0 Å². The van der Waals surface area contributed by atoms with Crippen molar-refractivity contribution in [3.63, 3.8) is 0 Å². The number of hydrogen-bond donors (Lipinski definition) is 2. The Labute approximate surface area is 255 Å². The van der Waals surface area contributed by atoms with E-state index in [4.69, 9.17) is 0 Å². The van der Waals surface area contributed by atoms with Gasteiger partial charge >= 0.3 is 0 Å². The van der Waals surface area contributed by atoms with Crippen LogP contribution >= 0.6 is 11.8 Å². The molecule has 5 aromatic carbocycles. The second kappa shape index (κ2) is 12.3. The highest BCUT2D eigenvalue weighted by atomic mass is 32.2. The average molecular weight is 608 g/mol. The molecule has 216 valence electrons. The van der Waals surface area contributed by atoms with Gasteiger partial charge in [0.15, 0.2) is 0 Å². The van der Waals surface area contributed by atoms with Crippen molar-refractivity contribution in [2.75, 3.05) is 22.3 Å². The molecule has 2 N–H and O–H groups in total. The lowest BCUT2D eigenvalue weighted by atomic mass is 10.1. The fraction of sp³-hybridized carbons (Fsp3) is 0.118. The van der Waals surface area contributed by atoms with Crippen LogP contribution in [0.25, 0.3) is 10.8 Å². The molecule has 0 aliphatic carbocycles. The SMILES string of the molecule is O=C(Nc1ccc(S(=O)(=O)Nc2cccc3ccccc23)cc1)c1ccc([C@H]2SCC(=O)N2CCc2ccccc2)cc1. The third-order valence-corrected chi connectivity index (χ3v) is 10.0. The largest absolute Gasteiger partial charge is 0.326 e. The first-order chi connectivity index (χ1) is 20.9. The second-order valence-electron chi connectivity index (χ2n) is 10.2. The monoisotopic (exact) mass is 607 g/mol.